The van der Waals surface area contributed by atoms with Crippen LogP contribution in [0, 0.1) is 22.7 Å². The van der Waals surface area contributed by atoms with Crippen LogP contribution in [0.1, 0.15) is 47.0 Å². The van der Waals surface area contributed by atoms with E-state index in [0.29, 0.717) is 18.8 Å². The summed E-state index contributed by atoms with van der Waals surface area (Å²) in [5.41, 5.74) is -0.994. The molecule has 0 radical (unpaired) electrons. The van der Waals surface area contributed by atoms with Crippen molar-refractivity contribution < 1.29 is 19.1 Å². The summed E-state index contributed by atoms with van der Waals surface area (Å²) in [6, 6.07) is 1.20. The lowest BCUT2D eigenvalue weighted by Gasteiger charge is -2.43. The maximum Gasteiger partial charge on any atom is 0.327 e. The van der Waals surface area contributed by atoms with E-state index in [4.69, 9.17) is 10.00 Å². The Bertz CT molecular complexity index is 580. The normalized spacial score (nSPS) is 30.7. The van der Waals surface area contributed by atoms with Crippen LogP contribution < -0.4 is 5.32 Å². The summed E-state index contributed by atoms with van der Waals surface area (Å²) in [7, 11) is 0. The number of hydrogen-bond donors (Lipinski definition) is 1. The van der Waals surface area contributed by atoms with Crippen LogP contribution in [-0.4, -0.2) is 41.0 Å². The van der Waals surface area contributed by atoms with Gasteiger partial charge >= 0.3 is 12.0 Å². The number of rotatable bonds is 3. The predicted molar refractivity (Wildman–Crippen MR) is 80.9 cm³/mol. The van der Waals surface area contributed by atoms with Crippen LogP contribution in [0.15, 0.2) is 0 Å². The summed E-state index contributed by atoms with van der Waals surface area (Å²) in [6.45, 7) is 7.18. The second kappa shape index (κ2) is 5.84. The first-order valence-corrected chi connectivity index (χ1v) is 7.82. The average Bonchev–Trinajstić information content (AvgIpc) is 2.60. The van der Waals surface area contributed by atoms with Gasteiger partial charge in [-0.05, 0) is 37.5 Å². The molecule has 0 unspecified atom stereocenters. The van der Waals surface area contributed by atoms with Crippen LogP contribution in [0.5, 0.6) is 0 Å². The highest BCUT2D eigenvalue weighted by Crippen LogP contribution is 2.46. The Morgan fingerprint density at radius 3 is 2.70 bits per heavy atom. The van der Waals surface area contributed by atoms with E-state index in [1.54, 1.807) is 6.07 Å². The molecular formula is C16H23N3O4. The third-order valence-corrected chi connectivity index (χ3v) is 4.40. The Morgan fingerprint density at radius 1 is 1.48 bits per heavy atom. The Labute approximate surface area is 136 Å². The van der Waals surface area contributed by atoms with Gasteiger partial charge < -0.3 is 10.1 Å². The van der Waals surface area contributed by atoms with Gasteiger partial charge in [-0.15, -0.1) is 0 Å². The SMILES string of the molecule is C[C@@H]1CC(C)(C)C[C@@]2(C1)NC(=O)N(CC(=O)O[C@@H](C)C#N)C2=O. The van der Waals surface area contributed by atoms with E-state index in [0.717, 1.165) is 11.3 Å². The Balaban J connectivity index is 2.14. The van der Waals surface area contributed by atoms with E-state index in [1.807, 2.05) is 0 Å². The number of urea groups is 1. The summed E-state index contributed by atoms with van der Waals surface area (Å²) < 4.78 is 4.82. The average molecular weight is 321 g/mol. The molecule has 3 atom stereocenters. The Morgan fingerprint density at radius 2 is 2.13 bits per heavy atom. The highest BCUT2D eigenvalue weighted by atomic mass is 16.5. The molecule has 1 saturated carbocycles. The first-order chi connectivity index (χ1) is 10.6. The molecule has 126 valence electrons. The molecule has 0 aromatic rings. The molecule has 1 N–H and O–H groups in total. The third-order valence-electron chi connectivity index (χ3n) is 4.40. The van der Waals surface area contributed by atoms with Gasteiger partial charge in [0, 0.05) is 0 Å². The fourth-order valence-corrected chi connectivity index (χ4v) is 4.04. The minimum absolute atomic E-state index is 0.0630. The molecule has 0 aromatic heterocycles. The lowest BCUT2D eigenvalue weighted by Crippen LogP contribution is -2.54. The fourth-order valence-electron chi connectivity index (χ4n) is 4.04. The Hall–Kier alpha value is -2.10. The second-order valence-electron chi connectivity index (χ2n) is 7.52. The molecule has 1 heterocycles. The van der Waals surface area contributed by atoms with Gasteiger partial charge in [-0.2, -0.15) is 5.26 Å². The lowest BCUT2D eigenvalue weighted by molar-refractivity contribution is -0.150. The van der Waals surface area contributed by atoms with Gasteiger partial charge in [0.15, 0.2) is 6.10 Å². The van der Waals surface area contributed by atoms with Gasteiger partial charge in [-0.1, -0.05) is 20.8 Å². The highest BCUT2D eigenvalue weighted by Gasteiger charge is 2.56. The monoisotopic (exact) mass is 321 g/mol. The number of hydrogen-bond acceptors (Lipinski definition) is 5. The molecule has 7 nitrogen and oxygen atoms in total. The number of imide groups is 1. The third kappa shape index (κ3) is 3.46. The standard InChI is InChI=1S/C16H23N3O4/c1-10-5-15(3,4)9-16(6-10)13(21)19(14(22)18-16)8-12(20)23-11(2)7-17/h10-11H,5-6,8-9H2,1-4H3,(H,18,22)/t10-,11+,16-/m1/s1. The topological polar surface area (TPSA) is 99.5 Å². The largest absolute Gasteiger partial charge is 0.446 e. The highest BCUT2D eigenvalue weighted by molar-refractivity contribution is 6.08. The van der Waals surface area contributed by atoms with Gasteiger partial charge in [-0.25, -0.2) is 4.79 Å². The van der Waals surface area contributed by atoms with Crippen molar-refractivity contribution in [1.82, 2.24) is 10.2 Å². The fraction of sp³-hybridized carbons (Fsp3) is 0.750. The van der Waals surface area contributed by atoms with Crippen LogP contribution in [0.4, 0.5) is 4.79 Å². The molecule has 0 aromatic carbocycles. The predicted octanol–water partition coefficient (Wildman–Crippen LogP) is 1.58. The van der Waals surface area contributed by atoms with E-state index in [2.05, 4.69) is 26.1 Å². The maximum atomic E-state index is 12.8. The van der Waals surface area contributed by atoms with Crippen LogP contribution in [0.25, 0.3) is 0 Å². The number of carbonyl (C=O) groups is 3. The quantitative estimate of drug-likeness (QED) is 0.628. The summed E-state index contributed by atoms with van der Waals surface area (Å²) in [6.07, 6.45) is 1.20. The van der Waals surface area contributed by atoms with Crippen molar-refractivity contribution in [2.75, 3.05) is 6.54 Å². The van der Waals surface area contributed by atoms with E-state index in [-0.39, 0.29) is 11.3 Å². The van der Waals surface area contributed by atoms with E-state index < -0.39 is 30.2 Å². The van der Waals surface area contributed by atoms with Gasteiger partial charge in [0.2, 0.25) is 0 Å². The van der Waals surface area contributed by atoms with E-state index in [1.165, 1.54) is 6.92 Å². The van der Waals surface area contributed by atoms with Crippen molar-refractivity contribution in [3.63, 3.8) is 0 Å². The smallest absolute Gasteiger partial charge is 0.327 e. The molecule has 3 amide bonds. The van der Waals surface area contributed by atoms with Gasteiger partial charge in [0.05, 0.1) is 0 Å². The number of nitrogens with one attached hydrogen (secondary N) is 1. The molecule has 7 heteroatoms. The molecule has 1 spiro atoms. The van der Waals surface area contributed by atoms with Crippen molar-refractivity contribution in [2.45, 2.75) is 58.6 Å². The molecule has 1 saturated heterocycles. The van der Waals surface area contributed by atoms with Gasteiger partial charge in [0.1, 0.15) is 18.2 Å². The minimum atomic E-state index is -0.931. The zero-order chi connectivity index (χ0) is 17.4. The van der Waals surface area contributed by atoms with Gasteiger partial charge in [0.25, 0.3) is 5.91 Å². The Kier molecular flexibility index (Phi) is 4.38. The van der Waals surface area contributed by atoms with Crippen LogP contribution in [0.2, 0.25) is 0 Å². The molecule has 23 heavy (non-hydrogen) atoms. The van der Waals surface area contributed by atoms with E-state index >= 15 is 0 Å². The molecule has 1 aliphatic heterocycles. The summed E-state index contributed by atoms with van der Waals surface area (Å²) >= 11 is 0. The van der Waals surface area contributed by atoms with Crippen LogP contribution in [0.3, 0.4) is 0 Å². The maximum absolute atomic E-state index is 12.8. The zero-order valence-electron chi connectivity index (χ0n) is 14.0. The summed E-state index contributed by atoms with van der Waals surface area (Å²) in [5.74, 6) is -0.833. The van der Waals surface area contributed by atoms with Crippen molar-refractivity contribution in [3.05, 3.63) is 0 Å². The number of ether oxygens (including phenoxy) is 1. The summed E-state index contributed by atoms with van der Waals surface area (Å²) in [4.78, 5) is 37.7. The molecule has 2 aliphatic rings. The van der Waals surface area contributed by atoms with Crippen molar-refractivity contribution in [1.29, 1.82) is 5.26 Å². The molecule has 2 fully saturated rings. The second-order valence-corrected chi connectivity index (χ2v) is 7.52. The minimum Gasteiger partial charge on any atom is -0.446 e. The molecule has 0 bridgehead atoms. The van der Waals surface area contributed by atoms with Crippen LogP contribution in [-0.2, 0) is 14.3 Å². The molecular weight excluding hydrogens is 298 g/mol. The number of esters is 1. The van der Waals surface area contributed by atoms with Crippen LogP contribution >= 0.6 is 0 Å². The number of nitriles is 1. The molecule has 1 aliphatic carbocycles. The van der Waals surface area contributed by atoms with Crippen molar-refractivity contribution >= 4 is 17.9 Å². The number of carbonyl (C=O) groups excluding carboxylic acids is 3. The number of amides is 3. The zero-order valence-corrected chi connectivity index (χ0v) is 14.0. The van der Waals surface area contributed by atoms with E-state index in [9.17, 15) is 14.4 Å². The van der Waals surface area contributed by atoms with Crippen molar-refractivity contribution in [3.8, 4) is 6.07 Å². The van der Waals surface area contributed by atoms with Gasteiger partial charge in [-0.3, -0.25) is 14.5 Å². The number of nitrogens with zero attached hydrogens (tertiary/aromatic N) is 2. The molecule has 2 rings (SSSR count). The lowest BCUT2D eigenvalue weighted by atomic mass is 9.64. The first-order valence-electron chi connectivity index (χ1n) is 7.82. The first kappa shape index (κ1) is 17.3. The summed E-state index contributed by atoms with van der Waals surface area (Å²) in [5, 5.41) is 11.4. The van der Waals surface area contributed by atoms with Crippen molar-refractivity contribution in [2.24, 2.45) is 11.3 Å².